The zero-order valence-electron chi connectivity index (χ0n) is 10.8. The molecule has 3 rings (SSSR count). The van der Waals surface area contributed by atoms with Gasteiger partial charge in [-0.2, -0.15) is 0 Å². The Kier molecular flexibility index (Phi) is 2.75. The molecular weight excluding hydrogens is 196 g/mol. The van der Waals surface area contributed by atoms with Crippen LogP contribution in [0.2, 0.25) is 0 Å². The van der Waals surface area contributed by atoms with Gasteiger partial charge in [-0.15, -0.1) is 0 Å². The van der Waals surface area contributed by atoms with E-state index in [9.17, 15) is 0 Å². The predicted octanol–water partition coefficient (Wildman–Crippen LogP) is 2.39. The van der Waals surface area contributed by atoms with Crippen molar-refractivity contribution < 1.29 is 0 Å². The Balaban J connectivity index is 1.70. The van der Waals surface area contributed by atoms with Crippen LogP contribution in [0.1, 0.15) is 52.4 Å². The van der Waals surface area contributed by atoms with Gasteiger partial charge >= 0.3 is 0 Å². The van der Waals surface area contributed by atoms with E-state index in [0.717, 1.165) is 18.0 Å². The molecule has 2 atom stereocenters. The first-order valence-electron chi connectivity index (χ1n) is 7.20. The Morgan fingerprint density at radius 2 is 1.81 bits per heavy atom. The van der Waals surface area contributed by atoms with Crippen molar-refractivity contribution in [1.82, 2.24) is 10.2 Å². The first kappa shape index (κ1) is 11.0. The van der Waals surface area contributed by atoms with Crippen LogP contribution < -0.4 is 5.32 Å². The summed E-state index contributed by atoms with van der Waals surface area (Å²) in [4.78, 5) is 2.82. The average molecular weight is 222 g/mol. The van der Waals surface area contributed by atoms with Crippen LogP contribution in [0.25, 0.3) is 0 Å². The molecule has 1 saturated heterocycles. The summed E-state index contributed by atoms with van der Waals surface area (Å²) in [6, 6.07) is 1.64. The standard InChI is InChI=1S/C14H26N2/c1-11-9-15-14(2,12-7-8-12)10-16(11)13-5-3-4-6-13/h11-13,15H,3-10H2,1-2H3. The molecule has 1 heterocycles. The Bertz CT molecular complexity index is 255. The summed E-state index contributed by atoms with van der Waals surface area (Å²) >= 11 is 0. The largest absolute Gasteiger partial charge is 0.308 e. The number of hydrogen-bond acceptors (Lipinski definition) is 2. The molecule has 0 bridgehead atoms. The lowest BCUT2D eigenvalue weighted by Gasteiger charge is -2.48. The van der Waals surface area contributed by atoms with Crippen molar-refractivity contribution in [1.29, 1.82) is 0 Å². The molecule has 3 fully saturated rings. The lowest BCUT2D eigenvalue weighted by Crippen LogP contribution is -2.65. The van der Waals surface area contributed by atoms with Gasteiger partial charge in [0.05, 0.1) is 0 Å². The fourth-order valence-corrected chi connectivity index (χ4v) is 3.81. The molecular formula is C14H26N2. The number of nitrogens with zero attached hydrogens (tertiary/aromatic N) is 1. The number of nitrogens with one attached hydrogen (secondary N) is 1. The summed E-state index contributed by atoms with van der Waals surface area (Å²) in [5.74, 6) is 0.962. The molecule has 0 spiro atoms. The van der Waals surface area contributed by atoms with Crippen LogP contribution in [0, 0.1) is 5.92 Å². The van der Waals surface area contributed by atoms with Crippen LogP contribution in [-0.2, 0) is 0 Å². The van der Waals surface area contributed by atoms with Gasteiger partial charge in [-0.25, -0.2) is 0 Å². The van der Waals surface area contributed by atoms with Crippen molar-refractivity contribution in [3.05, 3.63) is 0 Å². The monoisotopic (exact) mass is 222 g/mol. The lowest BCUT2D eigenvalue weighted by atomic mass is 9.90. The Morgan fingerprint density at radius 1 is 1.12 bits per heavy atom. The summed E-state index contributed by atoms with van der Waals surface area (Å²) in [7, 11) is 0. The summed E-state index contributed by atoms with van der Waals surface area (Å²) in [6.45, 7) is 7.35. The van der Waals surface area contributed by atoms with Gasteiger partial charge in [0.25, 0.3) is 0 Å². The molecule has 2 nitrogen and oxygen atoms in total. The molecule has 1 aliphatic heterocycles. The Labute approximate surface area is 99.8 Å². The van der Waals surface area contributed by atoms with Crippen LogP contribution in [0.3, 0.4) is 0 Å². The van der Waals surface area contributed by atoms with Gasteiger partial charge in [-0.05, 0) is 45.4 Å². The maximum atomic E-state index is 3.82. The smallest absolute Gasteiger partial charge is 0.0309 e. The van der Waals surface area contributed by atoms with Crippen molar-refractivity contribution in [2.75, 3.05) is 13.1 Å². The van der Waals surface area contributed by atoms with Crippen LogP contribution >= 0.6 is 0 Å². The molecule has 2 aliphatic carbocycles. The van der Waals surface area contributed by atoms with Crippen molar-refractivity contribution in [2.45, 2.75) is 70.0 Å². The van der Waals surface area contributed by atoms with E-state index in [-0.39, 0.29) is 0 Å². The second kappa shape index (κ2) is 3.99. The third kappa shape index (κ3) is 1.91. The molecule has 0 radical (unpaired) electrons. The second-order valence-corrected chi connectivity index (χ2v) is 6.53. The second-order valence-electron chi connectivity index (χ2n) is 6.53. The van der Waals surface area contributed by atoms with Crippen LogP contribution in [0.15, 0.2) is 0 Å². The summed E-state index contributed by atoms with van der Waals surface area (Å²) < 4.78 is 0. The third-order valence-corrected chi connectivity index (χ3v) is 5.15. The first-order chi connectivity index (χ1) is 7.69. The Morgan fingerprint density at radius 3 is 2.44 bits per heavy atom. The minimum absolute atomic E-state index is 0.426. The molecule has 0 aromatic rings. The highest BCUT2D eigenvalue weighted by Crippen LogP contribution is 2.42. The zero-order valence-corrected chi connectivity index (χ0v) is 10.8. The molecule has 0 aromatic carbocycles. The van der Waals surface area contributed by atoms with E-state index >= 15 is 0 Å². The van der Waals surface area contributed by atoms with E-state index in [1.54, 1.807) is 0 Å². The maximum Gasteiger partial charge on any atom is 0.0309 e. The third-order valence-electron chi connectivity index (χ3n) is 5.15. The summed E-state index contributed by atoms with van der Waals surface area (Å²) in [6.07, 6.45) is 8.73. The highest BCUT2D eigenvalue weighted by Gasteiger charge is 2.46. The summed E-state index contributed by atoms with van der Waals surface area (Å²) in [5.41, 5.74) is 0.426. The van der Waals surface area contributed by atoms with Crippen LogP contribution in [0.4, 0.5) is 0 Å². The quantitative estimate of drug-likeness (QED) is 0.772. The van der Waals surface area contributed by atoms with E-state index < -0.39 is 0 Å². The topological polar surface area (TPSA) is 15.3 Å². The molecule has 0 aromatic heterocycles. The van der Waals surface area contributed by atoms with Crippen molar-refractivity contribution >= 4 is 0 Å². The van der Waals surface area contributed by atoms with E-state index in [1.165, 1.54) is 51.6 Å². The highest BCUT2D eigenvalue weighted by molar-refractivity contribution is 5.04. The summed E-state index contributed by atoms with van der Waals surface area (Å²) in [5, 5.41) is 3.82. The molecule has 2 unspecified atom stereocenters. The zero-order chi connectivity index (χ0) is 11.2. The van der Waals surface area contributed by atoms with Gasteiger partial charge in [0.15, 0.2) is 0 Å². The number of hydrogen-bond donors (Lipinski definition) is 1. The van der Waals surface area contributed by atoms with E-state index in [1.807, 2.05) is 0 Å². The van der Waals surface area contributed by atoms with Crippen molar-refractivity contribution in [3.63, 3.8) is 0 Å². The SMILES string of the molecule is CC1CNC(C)(C2CC2)CN1C1CCCC1. The van der Waals surface area contributed by atoms with E-state index in [4.69, 9.17) is 0 Å². The minimum Gasteiger partial charge on any atom is -0.308 e. The van der Waals surface area contributed by atoms with Gasteiger partial charge in [-0.3, -0.25) is 4.90 Å². The van der Waals surface area contributed by atoms with Crippen molar-refractivity contribution in [2.24, 2.45) is 5.92 Å². The van der Waals surface area contributed by atoms with E-state index in [2.05, 4.69) is 24.1 Å². The van der Waals surface area contributed by atoms with Gasteiger partial charge in [0.2, 0.25) is 0 Å². The molecule has 92 valence electrons. The van der Waals surface area contributed by atoms with E-state index in [0.29, 0.717) is 5.54 Å². The van der Waals surface area contributed by atoms with Crippen LogP contribution in [-0.4, -0.2) is 35.6 Å². The first-order valence-corrected chi connectivity index (χ1v) is 7.20. The average Bonchev–Trinajstić information content (AvgIpc) is 3.00. The fraction of sp³-hybridized carbons (Fsp3) is 1.00. The number of rotatable bonds is 2. The normalized spacial score (nSPS) is 42.8. The van der Waals surface area contributed by atoms with Gasteiger partial charge in [-0.1, -0.05) is 12.8 Å². The van der Waals surface area contributed by atoms with Gasteiger partial charge in [0.1, 0.15) is 0 Å². The molecule has 16 heavy (non-hydrogen) atoms. The number of piperazine rings is 1. The lowest BCUT2D eigenvalue weighted by molar-refractivity contribution is 0.0481. The molecule has 2 heteroatoms. The maximum absolute atomic E-state index is 3.82. The minimum atomic E-state index is 0.426. The fourth-order valence-electron chi connectivity index (χ4n) is 3.81. The molecule has 0 amide bonds. The molecule has 1 N–H and O–H groups in total. The van der Waals surface area contributed by atoms with Gasteiger partial charge < -0.3 is 5.32 Å². The Hall–Kier alpha value is -0.0800. The van der Waals surface area contributed by atoms with Crippen LogP contribution in [0.5, 0.6) is 0 Å². The predicted molar refractivity (Wildman–Crippen MR) is 67.6 cm³/mol. The van der Waals surface area contributed by atoms with Gasteiger partial charge in [0, 0.05) is 30.7 Å². The van der Waals surface area contributed by atoms with Crippen molar-refractivity contribution in [3.8, 4) is 0 Å². The molecule has 2 saturated carbocycles. The highest BCUT2D eigenvalue weighted by atomic mass is 15.3. The molecule has 3 aliphatic rings.